The van der Waals surface area contributed by atoms with Crippen LogP contribution in [0.25, 0.3) is 22.4 Å². The van der Waals surface area contributed by atoms with Crippen molar-refractivity contribution in [1.29, 1.82) is 0 Å². The molecule has 0 unspecified atom stereocenters. The number of nitrogens with zero attached hydrogens (tertiary/aromatic N) is 1. The first kappa shape index (κ1) is 11.9. The third kappa shape index (κ3) is 1.92. The second-order valence-electron chi connectivity index (χ2n) is 4.07. The van der Waals surface area contributed by atoms with Gasteiger partial charge in [-0.3, -0.25) is 0 Å². The summed E-state index contributed by atoms with van der Waals surface area (Å²) >= 11 is 5.92. The number of benzene rings is 2. The molecule has 3 N–H and O–H groups in total. The maximum Gasteiger partial charge on any atom is 0.153 e. The van der Waals surface area contributed by atoms with E-state index in [2.05, 4.69) is 9.97 Å². The van der Waals surface area contributed by atoms with Gasteiger partial charge in [-0.1, -0.05) is 17.7 Å². The summed E-state index contributed by atoms with van der Waals surface area (Å²) in [5.41, 5.74) is 7.06. The Morgan fingerprint density at radius 3 is 2.79 bits per heavy atom. The highest BCUT2D eigenvalue weighted by Crippen LogP contribution is 2.31. The lowest BCUT2D eigenvalue weighted by atomic mass is 10.2. The van der Waals surface area contributed by atoms with Gasteiger partial charge < -0.3 is 10.7 Å². The number of rotatable bonds is 1. The number of nitrogens with one attached hydrogen (secondary N) is 1. The standard InChI is InChI=1S/C13H8ClF2N3/c14-8-3-1-2-7(11(8)17)13-18-10-5-6(15)4-9(16)12(10)19-13/h1-5H,17H2,(H,18,19). The van der Waals surface area contributed by atoms with Crippen LogP contribution in [-0.2, 0) is 0 Å². The summed E-state index contributed by atoms with van der Waals surface area (Å²) in [5.74, 6) is -1.04. The molecule has 1 heterocycles. The summed E-state index contributed by atoms with van der Waals surface area (Å²) in [6, 6.07) is 7.01. The molecule has 3 rings (SSSR count). The van der Waals surface area contributed by atoms with Crippen LogP contribution in [0.2, 0.25) is 5.02 Å². The van der Waals surface area contributed by atoms with E-state index in [4.69, 9.17) is 17.3 Å². The van der Waals surface area contributed by atoms with Crippen molar-refractivity contribution in [3.05, 3.63) is 47.0 Å². The molecule has 3 nitrogen and oxygen atoms in total. The molecule has 0 saturated heterocycles. The molecule has 0 bridgehead atoms. The molecule has 3 aromatic rings. The number of para-hydroxylation sites is 1. The third-order valence-corrected chi connectivity index (χ3v) is 3.14. The van der Waals surface area contributed by atoms with Gasteiger partial charge in [0, 0.05) is 11.6 Å². The topological polar surface area (TPSA) is 54.7 Å². The van der Waals surface area contributed by atoms with Crippen molar-refractivity contribution in [2.24, 2.45) is 0 Å². The first-order valence-corrected chi connectivity index (χ1v) is 5.83. The van der Waals surface area contributed by atoms with Crippen molar-refractivity contribution in [2.45, 2.75) is 0 Å². The van der Waals surface area contributed by atoms with E-state index in [1.54, 1.807) is 18.2 Å². The van der Waals surface area contributed by atoms with E-state index in [9.17, 15) is 8.78 Å². The number of imidazole rings is 1. The summed E-state index contributed by atoms with van der Waals surface area (Å²) in [6.07, 6.45) is 0. The van der Waals surface area contributed by atoms with Crippen LogP contribution >= 0.6 is 11.6 Å². The van der Waals surface area contributed by atoms with Gasteiger partial charge in [0.25, 0.3) is 0 Å². The van der Waals surface area contributed by atoms with Crippen LogP contribution in [0, 0.1) is 11.6 Å². The number of hydrogen-bond acceptors (Lipinski definition) is 2. The van der Waals surface area contributed by atoms with Crippen molar-refractivity contribution in [1.82, 2.24) is 9.97 Å². The molecule has 0 atom stereocenters. The summed E-state index contributed by atoms with van der Waals surface area (Å²) in [4.78, 5) is 6.92. The molecule has 1 aromatic heterocycles. The van der Waals surface area contributed by atoms with Gasteiger partial charge >= 0.3 is 0 Å². The minimum Gasteiger partial charge on any atom is -0.397 e. The molecule has 0 saturated carbocycles. The predicted molar refractivity (Wildman–Crippen MR) is 70.9 cm³/mol. The molecule has 0 aliphatic carbocycles. The molecule has 0 amide bonds. The molecule has 0 radical (unpaired) electrons. The Hall–Kier alpha value is -2.14. The summed E-state index contributed by atoms with van der Waals surface area (Å²) in [7, 11) is 0. The minimum absolute atomic E-state index is 0.0655. The molecule has 0 fully saturated rings. The van der Waals surface area contributed by atoms with Crippen molar-refractivity contribution in [2.75, 3.05) is 5.73 Å². The number of aromatic nitrogens is 2. The fourth-order valence-corrected chi connectivity index (χ4v) is 2.09. The van der Waals surface area contributed by atoms with Crippen LogP contribution in [0.4, 0.5) is 14.5 Å². The van der Waals surface area contributed by atoms with Gasteiger partial charge in [-0.15, -0.1) is 0 Å². The molecule has 0 aliphatic heterocycles. The summed E-state index contributed by atoms with van der Waals surface area (Å²) in [5, 5.41) is 0.379. The zero-order valence-electron chi connectivity index (χ0n) is 9.55. The molecule has 0 aliphatic rings. The Bertz CT molecular complexity index is 783. The first-order valence-electron chi connectivity index (χ1n) is 5.45. The highest BCUT2D eigenvalue weighted by molar-refractivity contribution is 6.33. The third-order valence-electron chi connectivity index (χ3n) is 2.81. The van der Waals surface area contributed by atoms with Gasteiger partial charge in [0.1, 0.15) is 17.2 Å². The lowest BCUT2D eigenvalue weighted by molar-refractivity contribution is 0.591. The van der Waals surface area contributed by atoms with Crippen LogP contribution in [-0.4, -0.2) is 9.97 Å². The van der Waals surface area contributed by atoms with E-state index in [-0.39, 0.29) is 11.0 Å². The predicted octanol–water partition coefficient (Wildman–Crippen LogP) is 3.74. The van der Waals surface area contributed by atoms with Crippen LogP contribution in [0.15, 0.2) is 30.3 Å². The largest absolute Gasteiger partial charge is 0.397 e. The molecule has 2 aromatic carbocycles. The quantitative estimate of drug-likeness (QED) is 0.667. The van der Waals surface area contributed by atoms with E-state index in [0.29, 0.717) is 22.1 Å². The average Bonchev–Trinajstić information content (AvgIpc) is 2.76. The second-order valence-corrected chi connectivity index (χ2v) is 4.48. The van der Waals surface area contributed by atoms with Crippen molar-refractivity contribution in [3.8, 4) is 11.4 Å². The van der Waals surface area contributed by atoms with Crippen LogP contribution < -0.4 is 5.73 Å². The van der Waals surface area contributed by atoms with Crippen LogP contribution in [0.5, 0.6) is 0 Å². The number of H-pyrrole nitrogens is 1. The number of nitrogen functional groups attached to an aromatic ring is 1. The van der Waals surface area contributed by atoms with E-state index < -0.39 is 11.6 Å². The van der Waals surface area contributed by atoms with E-state index in [1.165, 1.54) is 6.07 Å². The van der Waals surface area contributed by atoms with Crippen LogP contribution in [0.1, 0.15) is 0 Å². The number of aromatic amines is 1. The molecule has 19 heavy (non-hydrogen) atoms. The Morgan fingerprint density at radius 1 is 1.21 bits per heavy atom. The number of hydrogen-bond donors (Lipinski definition) is 2. The van der Waals surface area contributed by atoms with E-state index in [0.717, 1.165) is 6.07 Å². The van der Waals surface area contributed by atoms with Gasteiger partial charge in [-0.25, -0.2) is 13.8 Å². The Labute approximate surface area is 112 Å². The normalized spacial score (nSPS) is 11.1. The maximum absolute atomic E-state index is 13.6. The van der Waals surface area contributed by atoms with Gasteiger partial charge in [0.15, 0.2) is 5.82 Å². The van der Waals surface area contributed by atoms with E-state index >= 15 is 0 Å². The number of halogens is 3. The number of nitrogens with two attached hydrogens (primary N) is 1. The molecular formula is C13H8ClF2N3. The number of anilines is 1. The summed E-state index contributed by atoms with van der Waals surface area (Å²) < 4.78 is 26.7. The van der Waals surface area contributed by atoms with Gasteiger partial charge in [-0.05, 0) is 18.2 Å². The monoisotopic (exact) mass is 279 g/mol. The Morgan fingerprint density at radius 2 is 2.00 bits per heavy atom. The maximum atomic E-state index is 13.6. The summed E-state index contributed by atoms with van der Waals surface area (Å²) in [6.45, 7) is 0. The highest BCUT2D eigenvalue weighted by Gasteiger charge is 2.13. The molecule has 96 valence electrons. The molecule has 6 heteroatoms. The fraction of sp³-hybridized carbons (Fsp3) is 0. The zero-order chi connectivity index (χ0) is 13.6. The SMILES string of the molecule is Nc1c(Cl)cccc1-c1nc2c(F)cc(F)cc2[nH]1. The smallest absolute Gasteiger partial charge is 0.153 e. The lowest BCUT2D eigenvalue weighted by Crippen LogP contribution is -1.92. The van der Waals surface area contributed by atoms with Crippen molar-refractivity contribution in [3.63, 3.8) is 0 Å². The Balaban J connectivity index is 2.26. The Kier molecular flexibility index (Phi) is 2.64. The van der Waals surface area contributed by atoms with Crippen LogP contribution in [0.3, 0.4) is 0 Å². The highest BCUT2D eigenvalue weighted by atomic mass is 35.5. The zero-order valence-corrected chi connectivity index (χ0v) is 10.3. The lowest BCUT2D eigenvalue weighted by Gasteiger charge is -2.03. The number of fused-ring (bicyclic) bond motifs is 1. The van der Waals surface area contributed by atoms with Gasteiger partial charge in [0.05, 0.1) is 16.2 Å². The molecular weight excluding hydrogens is 272 g/mol. The van der Waals surface area contributed by atoms with E-state index in [1.807, 2.05) is 0 Å². The molecule has 0 spiro atoms. The first-order chi connectivity index (χ1) is 9.06. The van der Waals surface area contributed by atoms with Crippen molar-refractivity contribution >= 4 is 28.3 Å². The second kappa shape index (κ2) is 4.20. The van der Waals surface area contributed by atoms with Gasteiger partial charge in [-0.2, -0.15) is 0 Å². The van der Waals surface area contributed by atoms with Gasteiger partial charge in [0.2, 0.25) is 0 Å². The van der Waals surface area contributed by atoms with Crippen molar-refractivity contribution < 1.29 is 8.78 Å². The minimum atomic E-state index is -0.724. The average molecular weight is 280 g/mol. The fourth-order valence-electron chi connectivity index (χ4n) is 1.91.